The van der Waals surface area contributed by atoms with Crippen LogP contribution < -0.4 is 5.73 Å². The monoisotopic (exact) mass is 253 g/mol. The lowest BCUT2D eigenvalue weighted by atomic mass is 9.78. The van der Waals surface area contributed by atoms with Crippen LogP contribution in [0, 0.1) is 6.92 Å². The van der Waals surface area contributed by atoms with E-state index in [-0.39, 0.29) is 5.41 Å². The Balaban J connectivity index is 2.16. The summed E-state index contributed by atoms with van der Waals surface area (Å²) in [6, 6.07) is 12.4. The number of nitrogens with zero attached hydrogens (tertiary/aromatic N) is 2. The summed E-state index contributed by atoms with van der Waals surface area (Å²) >= 11 is 0. The van der Waals surface area contributed by atoms with Crippen LogP contribution in [0.3, 0.4) is 0 Å². The second-order valence-electron chi connectivity index (χ2n) is 5.41. The normalized spacial score (nSPS) is 17.5. The molecule has 0 atom stereocenters. The average molecular weight is 253 g/mol. The molecule has 1 fully saturated rings. The molecule has 3 heteroatoms. The maximum atomic E-state index is 5.91. The summed E-state index contributed by atoms with van der Waals surface area (Å²) in [4.78, 5) is 9.20. The standard InChI is InChI=1S/C16H19N3/c1-12-11-14(17)19-15(18-12)16(9-5-6-10-16)13-7-3-2-4-8-13/h2-4,7-8,11H,5-6,9-10H2,1H3,(H2,17,18,19). The van der Waals surface area contributed by atoms with Crippen molar-refractivity contribution in [2.75, 3.05) is 5.73 Å². The highest BCUT2D eigenvalue weighted by molar-refractivity contribution is 5.38. The van der Waals surface area contributed by atoms with Gasteiger partial charge in [0.05, 0.1) is 5.41 Å². The highest BCUT2D eigenvalue weighted by Gasteiger charge is 2.40. The van der Waals surface area contributed by atoms with Gasteiger partial charge in [0.1, 0.15) is 11.6 Å². The first-order valence-corrected chi connectivity index (χ1v) is 6.88. The van der Waals surface area contributed by atoms with Crippen molar-refractivity contribution in [3.8, 4) is 0 Å². The van der Waals surface area contributed by atoms with E-state index in [0.29, 0.717) is 5.82 Å². The van der Waals surface area contributed by atoms with E-state index in [9.17, 15) is 0 Å². The van der Waals surface area contributed by atoms with Crippen LogP contribution in [0.1, 0.15) is 42.8 Å². The molecule has 19 heavy (non-hydrogen) atoms. The Morgan fingerprint density at radius 1 is 1.05 bits per heavy atom. The molecule has 1 saturated carbocycles. The van der Waals surface area contributed by atoms with Crippen LogP contribution in [0.2, 0.25) is 0 Å². The van der Waals surface area contributed by atoms with Gasteiger partial charge < -0.3 is 5.73 Å². The van der Waals surface area contributed by atoms with Gasteiger partial charge in [0, 0.05) is 11.8 Å². The zero-order valence-corrected chi connectivity index (χ0v) is 11.3. The number of nitrogens with two attached hydrogens (primary N) is 1. The molecule has 1 aliphatic carbocycles. The van der Waals surface area contributed by atoms with Crippen molar-refractivity contribution in [1.29, 1.82) is 0 Å². The first-order chi connectivity index (χ1) is 9.21. The predicted octanol–water partition coefficient (Wildman–Crippen LogP) is 3.23. The van der Waals surface area contributed by atoms with Crippen LogP contribution in [-0.2, 0) is 5.41 Å². The van der Waals surface area contributed by atoms with Gasteiger partial charge in [0.15, 0.2) is 0 Å². The quantitative estimate of drug-likeness (QED) is 0.894. The van der Waals surface area contributed by atoms with E-state index < -0.39 is 0 Å². The molecule has 2 aromatic rings. The van der Waals surface area contributed by atoms with E-state index in [1.165, 1.54) is 18.4 Å². The van der Waals surface area contributed by atoms with E-state index in [0.717, 1.165) is 24.4 Å². The summed E-state index contributed by atoms with van der Waals surface area (Å²) in [7, 11) is 0. The highest BCUT2D eigenvalue weighted by atomic mass is 15.0. The van der Waals surface area contributed by atoms with E-state index in [1.807, 2.05) is 13.0 Å². The van der Waals surface area contributed by atoms with Gasteiger partial charge in [-0.15, -0.1) is 0 Å². The summed E-state index contributed by atoms with van der Waals surface area (Å²) in [6.45, 7) is 1.98. The molecule has 1 heterocycles. The Morgan fingerprint density at radius 2 is 1.74 bits per heavy atom. The third-order valence-electron chi connectivity index (χ3n) is 4.09. The van der Waals surface area contributed by atoms with Crippen LogP contribution in [-0.4, -0.2) is 9.97 Å². The van der Waals surface area contributed by atoms with Crippen LogP contribution in [0.15, 0.2) is 36.4 Å². The van der Waals surface area contributed by atoms with Crippen LogP contribution in [0.4, 0.5) is 5.82 Å². The Bertz CT molecular complexity index is 552. The maximum Gasteiger partial charge on any atom is 0.141 e. The van der Waals surface area contributed by atoms with E-state index in [1.54, 1.807) is 0 Å². The highest BCUT2D eigenvalue weighted by Crippen LogP contribution is 2.45. The molecule has 1 aromatic heterocycles. The predicted molar refractivity (Wildman–Crippen MR) is 76.9 cm³/mol. The van der Waals surface area contributed by atoms with Gasteiger partial charge in [-0.3, -0.25) is 0 Å². The summed E-state index contributed by atoms with van der Waals surface area (Å²) in [5, 5.41) is 0. The molecule has 0 bridgehead atoms. The molecule has 0 spiro atoms. The summed E-state index contributed by atoms with van der Waals surface area (Å²) in [6.07, 6.45) is 4.68. The minimum atomic E-state index is -0.0403. The van der Waals surface area contributed by atoms with Gasteiger partial charge in [-0.1, -0.05) is 43.2 Å². The lowest BCUT2D eigenvalue weighted by molar-refractivity contribution is 0.498. The molecule has 0 unspecified atom stereocenters. The molecule has 0 amide bonds. The van der Waals surface area contributed by atoms with Crippen LogP contribution >= 0.6 is 0 Å². The number of aromatic nitrogens is 2. The molecule has 3 nitrogen and oxygen atoms in total. The van der Waals surface area contributed by atoms with Crippen LogP contribution in [0.5, 0.6) is 0 Å². The fourth-order valence-corrected chi connectivity index (χ4v) is 3.18. The minimum Gasteiger partial charge on any atom is -0.384 e. The topological polar surface area (TPSA) is 51.8 Å². The first-order valence-electron chi connectivity index (χ1n) is 6.88. The molecular formula is C16H19N3. The summed E-state index contributed by atoms with van der Waals surface area (Å²) in [5.74, 6) is 1.47. The number of rotatable bonds is 2. The molecule has 98 valence electrons. The number of hydrogen-bond acceptors (Lipinski definition) is 3. The second-order valence-corrected chi connectivity index (χ2v) is 5.41. The minimum absolute atomic E-state index is 0.0403. The van der Waals surface area contributed by atoms with Crippen LogP contribution in [0.25, 0.3) is 0 Å². The number of hydrogen-bond donors (Lipinski definition) is 1. The Labute approximate surface area is 113 Å². The number of aryl methyl sites for hydroxylation is 1. The van der Waals surface area contributed by atoms with E-state index in [4.69, 9.17) is 5.73 Å². The molecule has 1 aromatic carbocycles. The van der Waals surface area contributed by atoms with Gasteiger partial charge in [-0.05, 0) is 25.3 Å². The second kappa shape index (κ2) is 4.65. The van der Waals surface area contributed by atoms with Gasteiger partial charge in [-0.25, -0.2) is 9.97 Å². The number of anilines is 1. The third-order valence-corrected chi connectivity index (χ3v) is 4.09. The van der Waals surface area contributed by atoms with E-state index >= 15 is 0 Å². The van der Waals surface area contributed by atoms with Gasteiger partial charge in [-0.2, -0.15) is 0 Å². The molecule has 3 rings (SSSR count). The van der Waals surface area contributed by atoms with Crippen molar-refractivity contribution >= 4 is 5.82 Å². The molecule has 0 aliphatic heterocycles. The van der Waals surface area contributed by atoms with Gasteiger partial charge in [0.25, 0.3) is 0 Å². The average Bonchev–Trinajstić information content (AvgIpc) is 2.89. The van der Waals surface area contributed by atoms with Gasteiger partial charge >= 0.3 is 0 Å². The number of benzene rings is 1. The molecule has 0 saturated heterocycles. The van der Waals surface area contributed by atoms with E-state index in [2.05, 4.69) is 40.3 Å². The molecule has 0 radical (unpaired) electrons. The van der Waals surface area contributed by atoms with Crippen molar-refractivity contribution in [3.05, 3.63) is 53.5 Å². The SMILES string of the molecule is Cc1cc(N)nc(C2(c3ccccc3)CCCC2)n1. The third kappa shape index (κ3) is 2.09. The lowest BCUT2D eigenvalue weighted by Crippen LogP contribution is -2.27. The molecule has 1 aliphatic rings. The fourth-order valence-electron chi connectivity index (χ4n) is 3.18. The van der Waals surface area contributed by atoms with Crippen molar-refractivity contribution in [2.24, 2.45) is 0 Å². The Hall–Kier alpha value is -1.90. The summed E-state index contributed by atoms with van der Waals surface area (Å²) in [5.41, 5.74) is 8.14. The number of nitrogen functional groups attached to an aromatic ring is 1. The van der Waals surface area contributed by atoms with Crippen molar-refractivity contribution in [3.63, 3.8) is 0 Å². The Morgan fingerprint density at radius 3 is 2.37 bits per heavy atom. The largest absolute Gasteiger partial charge is 0.384 e. The lowest BCUT2D eigenvalue weighted by Gasteiger charge is -2.28. The van der Waals surface area contributed by atoms with Gasteiger partial charge in [0.2, 0.25) is 0 Å². The summed E-state index contributed by atoms with van der Waals surface area (Å²) < 4.78 is 0. The van der Waals surface area contributed by atoms with Crippen molar-refractivity contribution in [2.45, 2.75) is 38.0 Å². The first kappa shape index (κ1) is 12.2. The zero-order valence-electron chi connectivity index (χ0n) is 11.3. The van der Waals surface area contributed by atoms with Crippen molar-refractivity contribution < 1.29 is 0 Å². The molecule has 2 N–H and O–H groups in total. The smallest absolute Gasteiger partial charge is 0.141 e. The Kier molecular flexibility index (Phi) is 2.97. The fraction of sp³-hybridized carbons (Fsp3) is 0.375. The zero-order chi connectivity index (χ0) is 13.3. The van der Waals surface area contributed by atoms with Crippen molar-refractivity contribution in [1.82, 2.24) is 9.97 Å². The maximum absolute atomic E-state index is 5.91. The molecular weight excluding hydrogens is 234 g/mol.